The second-order valence-electron chi connectivity index (χ2n) is 11.0. The number of hydrogen-bond donors (Lipinski definition) is 9. The largest absolute Gasteiger partial charge is 0.504 e. The average Bonchev–Trinajstić information content (AvgIpc) is 3.06. The van der Waals surface area contributed by atoms with Crippen LogP contribution in [0.1, 0.15) is 17.5 Å². The zero-order valence-electron chi connectivity index (χ0n) is 25.5. The van der Waals surface area contributed by atoms with Gasteiger partial charge in [-0.25, -0.2) is 4.79 Å². The van der Waals surface area contributed by atoms with Crippen molar-refractivity contribution in [1.82, 2.24) is 0 Å². The number of phenols is 4. The summed E-state index contributed by atoms with van der Waals surface area (Å²) in [6.07, 6.45) is -7.71. The Labute approximate surface area is 273 Å². The first-order chi connectivity index (χ1) is 22.9. The van der Waals surface area contributed by atoms with E-state index in [9.17, 15) is 55.5 Å². The fourth-order valence-corrected chi connectivity index (χ4v) is 5.12. The summed E-state index contributed by atoms with van der Waals surface area (Å²) in [6, 6.07) is 8.21. The van der Waals surface area contributed by atoms with Crippen LogP contribution in [0.15, 0.2) is 59.9 Å². The van der Waals surface area contributed by atoms with Gasteiger partial charge in [0.1, 0.15) is 24.4 Å². The number of ether oxygens (including phenoxy) is 5. The van der Waals surface area contributed by atoms with E-state index in [1.165, 1.54) is 42.5 Å². The Hall–Kier alpha value is -4.42. The highest BCUT2D eigenvalue weighted by molar-refractivity contribution is 5.91. The summed E-state index contributed by atoms with van der Waals surface area (Å²) in [5, 5.41) is 88.6. The number of hydrogen-bond acceptors (Lipinski definition) is 16. The number of esters is 2. The van der Waals surface area contributed by atoms with E-state index in [4.69, 9.17) is 23.7 Å². The molecular formula is C32H38O16. The Balaban J connectivity index is 1.51. The standard InChI is InChI=1S/C32H38O16/c33-8-5-18-19(13-26(39)44-9-6-16-1-3-21(35)23(37)11-16)20(30(43)45-10-7-17-2-4-22(36)24(38)12-17)15-46-31(18)48-32-29(42)28(41)27(40)25(14-34)47-32/h1-5,11-12,15,19,25,27-29,31-38,40-42H,6-10,13-14H2/b18-5+/t19-,25+,27+,28-,29+,31-,32-/m0/s1. The van der Waals surface area contributed by atoms with Gasteiger partial charge in [-0.05, 0) is 35.4 Å². The van der Waals surface area contributed by atoms with Crippen molar-refractivity contribution in [2.24, 2.45) is 5.92 Å². The number of rotatable bonds is 13. The van der Waals surface area contributed by atoms with Gasteiger partial charge in [0, 0.05) is 24.3 Å². The molecule has 0 aromatic heterocycles. The molecule has 0 amide bonds. The Bertz CT molecular complexity index is 1490. The molecular weight excluding hydrogens is 640 g/mol. The number of carbonyl (C=O) groups excluding carboxylic acids is 2. The van der Waals surface area contributed by atoms with Crippen molar-refractivity contribution in [3.8, 4) is 23.0 Å². The fourth-order valence-electron chi connectivity index (χ4n) is 5.12. The molecule has 1 saturated heterocycles. The third-order valence-corrected chi connectivity index (χ3v) is 7.77. The zero-order valence-corrected chi connectivity index (χ0v) is 25.5. The molecule has 262 valence electrons. The monoisotopic (exact) mass is 678 g/mol. The summed E-state index contributed by atoms with van der Waals surface area (Å²) in [6.45, 7) is -1.66. The number of phenolic OH excluding ortho intramolecular Hbond substituents is 4. The fraction of sp³-hybridized carbons (Fsp3) is 0.438. The molecule has 9 N–H and O–H groups in total. The first-order valence-electron chi connectivity index (χ1n) is 14.9. The normalized spacial score (nSPS) is 26.4. The number of carbonyl (C=O) groups is 2. The van der Waals surface area contributed by atoms with Gasteiger partial charge in [0.05, 0.1) is 44.7 Å². The summed E-state index contributed by atoms with van der Waals surface area (Å²) in [7, 11) is 0. The maximum atomic E-state index is 13.3. The molecule has 48 heavy (non-hydrogen) atoms. The number of aromatic hydroxyl groups is 4. The highest BCUT2D eigenvalue weighted by Gasteiger charge is 2.47. The van der Waals surface area contributed by atoms with Crippen LogP contribution in [0.3, 0.4) is 0 Å². The predicted octanol–water partition coefficient (Wildman–Crippen LogP) is -0.638. The lowest BCUT2D eigenvalue weighted by atomic mass is 9.86. The third-order valence-electron chi connectivity index (χ3n) is 7.77. The summed E-state index contributed by atoms with van der Waals surface area (Å²) in [5.74, 6) is -4.21. The van der Waals surface area contributed by atoms with Gasteiger partial charge in [0.2, 0.25) is 6.29 Å². The van der Waals surface area contributed by atoms with E-state index >= 15 is 0 Å². The van der Waals surface area contributed by atoms with E-state index < -0.39 is 74.5 Å². The smallest absolute Gasteiger partial charge is 0.337 e. The Morgan fingerprint density at radius 2 is 1.40 bits per heavy atom. The van der Waals surface area contributed by atoms with Gasteiger partial charge in [0.25, 0.3) is 0 Å². The van der Waals surface area contributed by atoms with Crippen LogP contribution in [0.4, 0.5) is 0 Å². The molecule has 0 bridgehead atoms. The SMILES string of the molecule is O=C(C[C@@H]1C(C(=O)OCCc2ccc(O)c(O)c2)=CO[C@@H](O[C@@H]2O[C@H](CO)[C@@H](O)[C@H](O)[C@H]2O)/C1=C/CO)OCCc1ccc(O)c(O)c1. The molecule has 2 aromatic carbocycles. The molecule has 0 unspecified atom stereocenters. The van der Waals surface area contributed by atoms with Gasteiger partial charge < -0.3 is 69.6 Å². The van der Waals surface area contributed by atoms with Crippen molar-refractivity contribution in [3.63, 3.8) is 0 Å². The lowest BCUT2D eigenvalue weighted by molar-refractivity contribution is -0.327. The van der Waals surface area contributed by atoms with Crippen LogP contribution >= 0.6 is 0 Å². The summed E-state index contributed by atoms with van der Waals surface area (Å²) in [5.41, 5.74) is 0.956. The minimum Gasteiger partial charge on any atom is -0.504 e. The number of benzene rings is 2. The van der Waals surface area contributed by atoms with Gasteiger partial charge in [0.15, 0.2) is 29.3 Å². The lowest BCUT2D eigenvalue weighted by Gasteiger charge is -2.42. The molecule has 7 atom stereocenters. The molecule has 0 radical (unpaired) electrons. The molecule has 4 rings (SSSR count). The van der Waals surface area contributed by atoms with Crippen molar-refractivity contribution in [3.05, 3.63) is 71.0 Å². The first-order valence-corrected chi connectivity index (χ1v) is 14.9. The second kappa shape index (κ2) is 16.6. The van der Waals surface area contributed by atoms with Crippen molar-refractivity contribution in [2.75, 3.05) is 26.4 Å². The highest BCUT2D eigenvalue weighted by atomic mass is 16.8. The van der Waals surface area contributed by atoms with Crippen LogP contribution in [0.5, 0.6) is 23.0 Å². The van der Waals surface area contributed by atoms with E-state index in [0.717, 1.165) is 6.26 Å². The average molecular weight is 679 g/mol. The van der Waals surface area contributed by atoms with Crippen LogP contribution < -0.4 is 0 Å². The van der Waals surface area contributed by atoms with Crippen LogP contribution in [-0.4, -0.2) is 121 Å². The molecule has 2 aliphatic rings. The zero-order chi connectivity index (χ0) is 35.0. The molecule has 16 heteroatoms. The first kappa shape index (κ1) is 36.4. The maximum absolute atomic E-state index is 13.3. The predicted molar refractivity (Wildman–Crippen MR) is 160 cm³/mol. The van der Waals surface area contributed by atoms with Gasteiger partial charge in [-0.15, -0.1) is 0 Å². The summed E-state index contributed by atoms with van der Waals surface area (Å²) < 4.78 is 27.5. The van der Waals surface area contributed by atoms with Crippen LogP contribution in [0.2, 0.25) is 0 Å². The van der Waals surface area contributed by atoms with E-state index in [2.05, 4.69) is 0 Å². The minimum absolute atomic E-state index is 0.0211. The van der Waals surface area contributed by atoms with Crippen LogP contribution in [-0.2, 0) is 46.1 Å². The number of aliphatic hydroxyl groups is 5. The molecule has 0 saturated carbocycles. The number of aliphatic hydroxyl groups excluding tert-OH is 5. The van der Waals surface area contributed by atoms with Crippen molar-refractivity contribution >= 4 is 11.9 Å². The van der Waals surface area contributed by atoms with Gasteiger partial charge in [-0.2, -0.15) is 0 Å². The third kappa shape index (κ3) is 8.93. The maximum Gasteiger partial charge on any atom is 0.337 e. The van der Waals surface area contributed by atoms with Crippen molar-refractivity contribution in [1.29, 1.82) is 0 Å². The van der Waals surface area contributed by atoms with Crippen molar-refractivity contribution in [2.45, 2.75) is 56.3 Å². The molecule has 0 spiro atoms. The van der Waals surface area contributed by atoms with E-state index in [1.54, 1.807) is 0 Å². The minimum atomic E-state index is -1.81. The summed E-state index contributed by atoms with van der Waals surface area (Å²) >= 11 is 0. The quantitative estimate of drug-likeness (QED) is 0.0725. The Morgan fingerprint density at radius 3 is 1.96 bits per heavy atom. The van der Waals surface area contributed by atoms with E-state index in [-0.39, 0.29) is 60.2 Å². The molecule has 2 aromatic rings. The molecule has 1 fully saturated rings. The molecule has 2 heterocycles. The topological polar surface area (TPSA) is 262 Å². The van der Waals surface area contributed by atoms with E-state index in [0.29, 0.717) is 11.1 Å². The highest BCUT2D eigenvalue weighted by Crippen LogP contribution is 2.36. The second-order valence-corrected chi connectivity index (χ2v) is 11.0. The molecule has 16 nitrogen and oxygen atoms in total. The Kier molecular flexibility index (Phi) is 12.6. The van der Waals surface area contributed by atoms with Crippen LogP contribution in [0, 0.1) is 5.92 Å². The van der Waals surface area contributed by atoms with Gasteiger partial charge in [-0.1, -0.05) is 18.2 Å². The lowest BCUT2D eigenvalue weighted by Crippen LogP contribution is -2.60. The van der Waals surface area contributed by atoms with Gasteiger partial charge >= 0.3 is 11.9 Å². The Morgan fingerprint density at radius 1 is 0.792 bits per heavy atom. The van der Waals surface area contributed by atoms with Gasteiger partial charge in [-0.3, -0.25) is 4.79 Å². The van der Waals surface area contributed by atoms with Crippen molar-refractivity contribution < 1.29 is 79.2 Å². The van der Waals surface area contributed by atoms with Crippen LogP contribution in [0.25, 0.3) is 0 Å². The summed E-state index contributed by atoms with van der Waals surface area (Å²) in [4.78, 5) is 26.3. The molecule has 2 aliphatic heterocycles. The molecule has 0 aliphatic carbocycles. The van der Waals surface area contributed by atoms with E-state index in [1.807, 2.05) is 0 Å².